The molecule has 4 N–H and O–H groups in total. The van der Waals surface area contributed by atoms with Crippen molar-refractivity contribution in [2.24, 2.45) is 17.1 Å². The van der Waals surface area contributed by atoms with Crippen molar-refractivity contribution in [2.75, 3.05) is 6.54 Å². The third kappa shape index (κ3) is 4.70. The summed E-state index contributed by atoms with van der Waals surface area (Å²) in [5.74, 6) is -0.595. The van der Waals surface area contributed by atoms with Gasteiger partial charge in [-0.15, -0.1) is 0 Å². The van der Waals surface area contributed by atoms with E-state index in [-0.39, 0.29) is 29.7 Å². The molecule has 0 aliphatic heterocycles. The molecule has 0 aromatic carbocycles. The Morgan fingerprint density at radius 3 is 2.29 bits per heavy atom. The zero-order valence-corrected chi connectivity index (χ0v) is 12.8. The molecule has 0 bridgehead atoms. The number of carboxylic acids is 1. The summed E-state index contributed by atoms with van der Waals surface area (Å²) in [4.78, 5) is 23.4. The maximum absolute atomic E-state index is 12.3. The number of carboxylic acid groups (broad SMARTS) is 1. The number of carbonyl (C=O) groups excluding carboxylic acids is 1. The molecule has 5 heteroatoms. The van der Waals surface area contributed by atoms with Crippen LogP contribution in [0.1, 0.15) is 64.2 Å². The fraction of sp³-hybridized carbons (Fsp3) is 0.875. The van der Waals surface area contributed by atoms with Crippen LogP contribution in [0.3, 0.4) is 0 Å². The van der Waals surface area contributed by atoms with E-state index in [2.05, 4.69) is 5.32 Å². The fourth-order valence-corrected chi connectivity index (χ4v) is 3.84. The van der Waals surface area contributed by atoms with Gasteiger partial charge in [0.05, 0.1) is 6.42 Å². The summed E-state index contributed by atoms with van der Waals surface area (Å²) in [6, 6.07) is 0.241. The van der Waals surface area contributed by atoms with Crippen LogP contribution in [-0.2, 0) is 9.59 Å². The normalized spacial score (nSPS) is 28.8. The average Bonchev–Trinajstić information content (AvgIpc) is 2.46. The lowest BCUT2D eigenvalue weighted by Gasteiger charge is -2.37. The number of hydrogen-bond acceptors (Lipinski definition) is 3. The predicted molar refractivity (Wildman–Crippen MR) is 80.7 cm³/mol. The Morgan fingerprint density at radius 2 is 1.71 bits per heavy atom. The molecule has 0 saturated heterocycles. The highest BCUT2D eigenvalue weighted by Gasteiger charge is 2.35. The minimum Gasteiger partial charge on any atom is -0.481 e. The van der Waals surface area contributed by atoms with Gasteiger partial charge in [0.25, 0.3) is 0 Å². The van der Waals surface area contributed by atoms with Gasteiger partial charge in [-0.2, -0.15) is 0 Å². The first kappa shape index (κ1) is 16.3. The largest absolute Gasteiger partial charge is 0.481 e. The maximum atomic E-state index is 12.3. The van der Waals surface area contributed by atoms with Crippen molar-refractivity contribution >= 4 is 11.9 Å². The van der Waals surface area contributed by atoms with E-state index in [1.807, 2.05) is 0 Å². The molecular weight excluding hydrogens is 268 g/mol. The number of nitrogens with one attached hydrogen (secondary N) is 1. The van der Waals surface area contributed by atoms with Crippen LogP contribution in [0.5, 0.6) is 0 Å². The predicted octanol–water partition coefficient (Wildman–Crippen LogP) is 2.05. The van der Waals surface area contributed by atoms with Gasteiger partial charge < -0.3 is 16.2 Å². The number of amides is 1. The lowest BCUT2D eigenvalue weighted by Crippen LogP contribution is -2.43. The summed E-state index contributed by atoms with van der Waals surface area (Å²) in [6.07, 6.45) is 8.86. The van der Waals surface area contributed by atoms with Crippen LogP contribution in [0.25, 0.3) is 0 Å². The van der Waals surface area contributed by atoms with Crippen molar-refractivity contribution in [3.05, 3.63) is 0 Å². The van der Waals surface area contributed by atoms with Crippen LogP contribution < -0.4 is 11.1 Å². The molecule has 2 saturated carbocycles. The molecule has 5 nitrogen and oxygen atoms in total. The van der Waals surface area contributed by atoms with Gasteiger partial charge in [0.2, 0.25) is 5.91 Å². The zero-order valence-electron chi connectivity index (χ0n) is 12.8. The van der Waals surface area contributed by atoms with Gasteiger partial charge in [-0.25, -0.2) is 0 Å². The summed E-state index contributed by atoms with van der Waals surface area (Å²) in [6.45, 7) is 0.515. The second-order valence-corrected chi connectivity index (χ2v) is 6.96. The molecule has 0 atom stereocenters. The second-order valence-electron chi connectivity index (χ2n) is 6.96. The molecule has 120 valence electrons. The highest BCUT2D eigenvalue weighted by Crippen LogP contribution is 2.39. The summed E-state index contributed by atoms with van der Waals surface area (Å²) in [7, 11) is 0. The van der Waals surface area contributed by atoms with Crippen molar-refractivity contribution in [1.29, 1.82) is 0 Å². The Hall–Kier alpha value is -1.10. The first-order valence-corrected chi connectivity index (χ1v) is 8.26. The van der Waals surface area contributed by atoms with E-state index in [0.29, 0.717) is 6.54 Å². The van der Waals surface area contributed by atoms with Crippen LogP contribution >= 0.6 is 0 Å². The molecule has 0 heterocycles. The molecule has 2 rings (SSSR count). The van der Waals surface area contributed by atoms with Crippen molar-refractivity contribution in [3.63, 3.8) is 0 Å². The lowest BCUT2D eigenvalue weighted by atomic mass is 9.71. The molecule has 1 amide bonds. The third-order valence-corrected chi connectivity index (χ3v) is 5.22. The van der Waals surface area contributed by atoms with Gasteiger partial charge in [-0.05, 0) is 43.9 Å². The maximum Gasteiger partial charge on any atom is 0.303 e. The van der Waals surface area contributed by atoms with Crippen molar-refractivity contribution in [1.82, 2.24) is 5.32 Å². The minimum atomic E-state index is -0.755. The van der Waals surface area contributed by atoms with Crippen LogP contribution in [0.2, 0.25) is 0 Å². The van der Waals surface area contributed by atoms with Gasteiger partial charge in [-0.3, -0.25) is 9.59 Å². The van der Waals surface area contributed by atoms with E-state index in [9.17, 15) is 9.59 Å². The van der Waals surface area contributed by atoms with Crippen molar-refractivity contribution in [3.8, 4) is 0 Å². The van der Waals surface area contributed by atoms with Gasteiger partial charge in [-0.1, -0.05) is 19.3 Å². The van der Waals surface area contributed by atoms with E-state index in [1.165, 1.54) is 6.42 Å². The highest BCUT2D eigenvalue weighted by molar-refractivity contribution is 5.78. The first-order valence-electron chi connectivity index (χ1n) is 8.26. The van der Waals surface area contributed by atoms with Crippen LogP contribution in [0.4, 0.5) is 0 Å². The summed E-state index contributed by atoms with van der Waals surface area (Å²) < 4.78 is 0. The van der Waals surface area contributed by atoms with Gasteiger partial charge >= 0.3 is 5.97 Å². The van der Waals surface area contributed by atoms with E-state index in [4.69, 9.17) is 10.8 Å². The van der Waals surface area contributed by atoms with Crippen LogP contribution in [0.15, 0.2) is 0 Å². The molecule has 0 spiro atoms. The Balaban J connectivity index is 1.86. The SMILES string of the molecule is NC1CCC(C(=O)NCC2(CC(=O)O)CCCCC2)CC1. The fourth-order valence-electron chi connectivity index (χ4n) is 3.84. The number of carbonyl (C=O) groups is 2. The molecular formula is C16H28N2O3. The van der Waals surface area contributed by atoms with E-state index < -0.39 is 5.97 Å². The van der Waals surface area contributed by atoms with Crippen LogP contribution in [-0.4, -0.2) is 29.6 Å². The zero-order chi connectivity index (χ0) is 15.3. The Bertz CT molecular complexity index is 370. The minimum absolute atomic E-state index is 0.0651. The Labute approximate surface area is 126 Å². The van der Waals surface area contributed by atoms with Gasteiger partial charge in [0.1, 0.15) is 0 Å². The van der Waals surface area contributed by atoms with Crippen molar-refractivity contribution in [2.45, 2.75) is 70.3 Å². The monoisotopic (exact) mass is 296 g/mol. The number of nitrogens with two attached hydrogens (primary N) is 1. The van der Waals surface area contributed by atoms with Crippen LogP contribution in [0, 0.1) is 11.3 Å². The van der Waals surface area contributed by atoms with E-state index in [0.717, 1.165) is 51.4 Å². The molecule has 2 fully saturated rings. The molecule has 0 unspecified atom stereocenters. The molecule has 0 aromatic rings. The van der Waals surface area contributed by atoms with E-state index in [1.54, 1.807) is 0 Å². The average molecular weight is 296 g/mol. The molecule has 21 heavy (non-hydrogen) atoms. The smallest absolute Gasteiger partial charge is 0.303 e. The Morgan fingerprint density at radius 1 is 1.10 bits per heavy atom. The summed E-state index contributed by atoms with van der Waals surface area (Å²) in [5, 5.41) is 12.2. The quantitative estimate of drug-likeness (QED) is 0.724. The lowest BCUT2D eigenvalue weighted by molar-refractivity contribution is -0.141. The van der Waals surface area contributed by atoms with Gasteiger partial charge in [0, 0.05) is 18.5 Å². The summed E-state index contributed by atoms with van der Waals surface area (Å²) >= 11 is 0. The first-order chi connectivity index (χ1) is 10.0. The molecule has 0 aromatic heterocycles. The topological polar surface area (TPSA) is 92.4 Å². The number of rotatable bonds is 5. The number of aliphatic carboxylic acids is 1. The Kier molecular flexibility index (Phi) is 5.62. The molecule has 2 aliphatic carbocycles. The van der Waals surface area contributed by atoms with Crippen molar-refractivity contribution < 1.29 is 14.7 Å². The van der Waals surface area contributed by atoms with E-state index >= 15 is 0 Å². The van der Waals surface area contributed by atoms with Gasteiger partial charge in [0.15, 0.2) is 0 Å². The standard InChI is InChI=1S/C16H28N2O3/c17-13-6-4-12(5-7-13)15(21)18-11-16(10-14(19)20)8-2-1-3-9-16/h12-13H,1-11,17H2,(H,18,21)(H,19,20). The number of hydrogen-bond donors (Lipinski definition) is 3. The second kappa shape index (κ2) is 7.25. The summed E-state index contributed by atoms with van der Waals surface area (Å²) in [5.41, 5.74) is 5.64. The third-order valence-electron chi connectivity index (χ3n) is 5.22. The molecule has 0 radical (unpaired) electrons. The molecule has 2 aliphatic rings. The highest BCUT2D eigenvalue weighted by atomic mass is 16.4.